The van der Waals surface area contributed by atoms with Gasteiger partial charge < -0.3 is 0 Å². The Morgan fingerprint density at radius 3 is 2.62 bits per heavy atom. The molecule has 0 aliphatic rings. The lowest BCUT2D eigenvalue weighted by molar-refractivity contribution is 0.799. The van der Waals surface area contributed by atoms with Crippen LogP contribution in [0.25, 0.3) is 0 Å². The van der Waals surface area contributed by atoms with Crippen LogP contribution in [0.5, 0.6) is 0 Å². The second-order valence-corrected chi connectivity index (χ2v) is 1.38. The topological polar surface area (TPSA) is 36.8 Å². The second kappa shape index (κ2) is 4.30. The molecule has 0 fully saturated rings. The molecular weight excluding hydrogens is 102 g/mol. The first kappa shape index (κ1) is 7.14. The molecular formula is C5H11N3. The van der Waals surface area contributed by atoms with Gasteiger partial charge in [-0.2, -0.15) is 5.11 Å². The summed E-state index contributed by atoms with van der Waals surface area (Å²) in [5.41, 5.74) is 3.71. The summed E-state index contributed by atoms with van der Waals surface area (Å²) < 4.78 is 0. The average molecular weight is 113 g/mol. The molecule has 0 amide bonds. The number of nitrogens with zero attached hydrogens (tertiary/aromatic N) is 2. The molecule has 0 aromatic rings. The first-order valence-electron chi connectivity index (χ1n) is 2.49. The van der Waals surface area contributed by atoms with Gasteiger partial charge in [-0.3, -0.25) is 5.43 Å². The Kier molecular flexibility index (Phi) is 3.84. The molecule has 0 aromatic heterocycles. The molecule has 0 unspecified atom stereocenters. The highest BCUT2D eigenvalue weighted by molar-refractivity contribution is 4.89. The first-order chi connectivity index (χ1) is 3.81. The van der Waals surface area contributed by atoms with E-state index in [1.54, 1.807) is 7.05 Å². The molecule has 0 radical (unpaired) electrons. The van der Waals surface area contributed by atoms with Crippen LogP contribution in [0.1, 0.15) is 13.8 Å². The maximum atomic E-state index is 3.55. The highest BCUT2D eigenvalue weighted by atomic mass is 15.4. The van der Waals surface area contributed by atoms with Gasteiger partial charge in [-0.15, -0.1) is 0 Å². The minimum atomic E-state index is 1.01. The Morgan fingerprint density at radius 2 is 2.25 bits per heavy atom. The van der Waals surface area contributed by atoms with Crippen LogP contribution in [0.4, 0.5) is 0 Å². The molecule has 0 aliphatic carbocycles. The molecule has 0 heterocycles. The van der Waals surface area contributed by atoms with Crippen molar-refractivity contribution in [1.29, 1.82) is 0 Å². The molecule has 3 heteroatoms. The van der Waals surface area contributed by atoms with Gasteiger partial charge in [0.15, 0.2) is 0 Å². The average Bonchev–Trinajstić information content (AvgIpc) is 1.83. The molecule has 0 aromatic carbocycles. The molecule has 0 aliphatic heterocycles. The van der Waals surface area contributed by atoms with E-state index in [0.717, 1.165) is 5.70 Å². The Balaban J connectivity index is 3.40. The summed E-state index contributed by atoms with van der Waals surface area (Å²) in [7, 11) is 1.62. The monoisotopic (exact) mass is 113 g/mol. The van der Waals surface area contributed by atoms with Crippen molar-refractivity contribution in [2.24, 2.45) is 10.3 Å². The first-order valence-corrected chi connectivity index (χ1v) is 2.49. The van der Waals surface area contributed by atoms with Gasteiger partial charge in [0.25, 0.3) is 0 Å². The number of nitrogens with one attached hydrogen (secondary N) is 1. The quantitative estimate of drug-likeness (QED) is 0.427. The van der Waals surface area contributed by atoms with Crippen LogP contribution >= 0.6 is 0 Å². The lowest BCUT2D eigenvalue weighted by Crippen LogP contribution is -1.98. The third-order valence-electron chi connectivity index (χ3n) is 0.759. The molecule has 0 atom stereocenters. The van der Waals surface area contributed by atoms with Crippen LogP contribution < -0.4 is 5.43 Å². The Labute approximate surface area is 49.5 Å². The van der Waals surface area contributed by atoms with Gasteiger partial charge in [0, 0.05) is 5.70 Å². The van der Waals surface area contributed by atoms with E-state index in [4.69, 9.17) is 0 Å². The van der Waals surface area contributed by atoms with Crippen molar-refractivity contribution in [3.63, 3.8) is 0 Å². The molecule has 3 nitrogen and oxygen atoms in total. The summed E-state index contributed by atoms with van der Waals surface area (Å²) >= 11 is 0. The number of allylic oxidation sites excluding steroid dienone is 2. The van der Waals surface area contributed by atoms with E-state index in [0.29, 0.717) is 0 Å². The zero-order valence-corrected chi connectivity index (χ0v) is 5.47. The largest absolute Gasteiger partial charge is 0.265 e. The zero-order valence-electron chi connectivity index (χ0n) is 5.47. The molecule has 0 spiro atoms. The van der Waals surface area contributed by atoms with Gasteiger partial charge in [0.05, 0.1) is 7.05 Å². The minimum Gasteiger partial charge on any atom is -0.265 e. The van der Waals surface area contributed by atoms with Crippen molar-refractivity contribution >= 4 is 0 Å². The van der Waals surface area contributed by atoms with Crippen molar-refractivity contribution in [2.45, 2.75) is 13.8 Å². The van der Waals surface area contributed by atoms with E-state index in [2.05, 4.69) is 15.8 Å². The van der Waals surface area contributed by atoms with Crippen molar-refractivity contribution in [2.75, 3.05) is 7.05 Å². The van der Waals surface area contributed by atoms with Crippen LogP contribution in [-0.2, 0) is 0 Å². The zero-order chi connectivity index (χ0) is 6.41. The predicted octanol–water partition coefficient (Wildman–Crippen LogP) is 1.50. The highest BCUT2D eigenvalue weighted by Gasteiger charge is 1.75. The van der Waals surface area contributed by atoms with Crippen LogP contribution in [0.3, 0.4) is 0 Å². The molecule has 0 saturated carbocycles. The maximum Gasteiger partial charge on any atom is 0.0509 e. The maximum absolute atomic E-state index is 3.55. The molecule has 1 N–H and O–H groups in total. The summed E-state index contributed by atoms with van der Waals surface area (Å²) in [5, 5.41) is 7.05. The Bertz CT molecular complexity index is 104. The summed E-state index contributed by atoms with van der Waals surface area (Å²) in [4.78, 5) is 0. The predicted molar refractivity (Wildman–Crippen MR) is 33.3 cm³/mol. The fraction of sp³-hybridized carbons (Fsp3) is 0.600. The summed E-state index contributed by atoms with van der Waals surface area (Å²) in [6.45, 7) is 3.86. The standard InChI is InChI=1S/C5H11N3/c1-4-5(2)7-8-6-3/h4H,1-3H3,(H,6,7)/b5-4+. The van der Waals surface area contributed by atoms with Gasteiger partial charge in [0.2, 0.25) is 0 Å². The fourth-order valence-electron chi connectivity index (χ4n) is 0.193. The Morgan fingerprint density at radius 1 is 1.62 bits per heavy atom. The van der Waals surface area contributed by atoms with Crippen molar-refractivity contribution < 1.29 is 0 Å². The lowest BCUT2D eigenvalue weighted by Gasteiger charge is -1.92. The second-order valence-electron chi connectivity index (χ2n) is 1.38. The van der Waals surface area contributed by atoms with Crippen molar-refractivity contribution in [3.8, 4) is 0 Å². The molecule has 0 saturated heterocycles. The van der Waals surface area contributed by atoms with Crippen LogP contribution in [0, 0.1) is 0 Å². The van der Waals surface area contributed by atoms with E-state index in [9.17, 15) is 0 Å². The lowest BCUT2D eigenvalue weighted by atomic mass is 10.5. The van der Waals surface area contributed by atoms with E-state index >= 15 is 0 Å². The Hall–Kier alpha value is -0.860. The molecule has 46 valence electrons. The van der Waals surface area contributed by atoms with E-state index < -0.39 is 0 Å². The van der Waals surface area contributed by atoms with Gasteiger partial charge in [-0.25, -0.2) is 0 Å². The van der Waals surface area contributed by atoms with Crippen molar-refractivity contribution in [3.05, 3.63) is 11.8 Å². The number of hydrogen-bond acceptors (Lipinski definition) is 2. The SMILES string of the molecule is C/C=C(\C)NN=NC. The van der Waals surface area contributed by atoms with E-state index in [-0.39, 0.29) is 0 Å². The fourth-order valence-corrected chi connectivity index (χ4v) is 0.193. The van der Waals surface area contributed by atoms with Gasteiger partial charge >= 0.3 is 0 Å². The van der Waals surface area contributed by atoms with Gasteiger partial charge in [-0.05, 0) is 13.8 Å². The number of rotatable bonds is 2. The van der Waals surface area contributed by atoms with Gasteiger partial charge in [-0.1, -0.05) is 11.3 Å². The third-order valence-corrected chi connectivity index (χ3v) is 0.759. The third kappa shape index (κ3) is 3.33. The smallest absolute Gasteiger partial charge is 0.0509 e. The van der Waals surface area contributed by atoms with Crippen LogP contribution in [0.15, 0.2) is 22.1 Å². The minimum absolute atomic E-state index is 1.01. The molecule has 8 heavy (non-hydrogen) atoms. The highest BCUT2D eigenvalue weighted by Crippen LogP contribution is 1.82. The summed E-state index contributed by atoms with van der Waals surface area (Å²) in [5.74, 6) is 0. The summed E-state index contributed by atoms with van der Waals surface area (Å²) in [6, 6.07) is 0. The van der Waals surface area contributed by atoms with Gasteiger partial charge in [0.1, 0.15) is 0 Å². The van der Waals surface area contributed by atoms with Crippen molar-refractivity contribution in [1.82, 2.24) is 5.43 Å². The van der Waals surface area contributed by atoms with Crippen LogP contribution in [0.2, 0.25) is 0 Å². The normalized spacial score (nSPS) is 12.6. The van der Waals surface area contributed by atoms with Crippen LogP contribution in [-0.4, -0.2) is 7.05 Å². The van der Waals surface area contributed by atoms with E-state index in [1.165, 1.54) is 0 Å². The van der Waals surface area contributed by atoms with E-state index in [1.807, 2.05) is 19.9 Å². The number of hydrogen-bond donors (Lipinski definition) is 1. The summed E-state index contributed by atoms with van der Waals surface area (Å²) in [6.07, 6.45) is 1.93. The molecule has 0 rings (SSSR count). The molecule has 0 bridgehead atoms.